The number of amides is 1. The van der Waals surface area contributed by atoms with E-state index in [-0.39, 0.29) is 16.2 Å². The second kappa shape index (κ2) is 4.33. The summed E-state index contributed by atoms with van der Waals surface area (Å²) in [6.07, 6.45) is 0. The van der Waals surface area contributed by atoms with E-state index < -0.39 is 5.91 Å². The molecule has 0 bridgehead atoms. The molecule has 0 radical (unpaired) electrons. The van der Waals surface area contributed by atoms with Crippen molar-refractivity contribution in [1.29, 1.82) is 0 Å². The molecule has 0 unspecified atom stereocenters. The van der Waals surface area contributed by atoms with Crippen LogP contribution in [0.5, 0.6) is 0 Å². The largest absolute Gasteiger partial charge is 0.406 e. The van der Waals surface area contributed by atoms with Crippen molar-refractivity contribution < 1.29 is 14.4 Å². The summed E-state index contributed by atoms with van der Waals surface area (Å²) in [4.78, 5) is 10.5. The predicted molar refractivity (Wildman–Crippen MR) is 42.2 cm³/mol. The highest BCUT2D eigenvalue weighted by Gasteiger charge is 2.06. The second-order valence-corrected chi connectivity index (χ2v) is 2.98. The molecule has 1 aromatic heterocycles. The molecule has 1 aromatic rings. The van der Waals surface area contributed by atoms with Gasteiger partial charge in [-0.1, -0.05) is 24.4 Å². The molecule has 1 heterocycles. The highest BCUT2D eigenvalue weighted by molar-refractivity contribution is 7.99. The molecule has 0 saturated carbocycles. The molecule has 12 heavy (non-hydrogen) atoms. The average Bonchev–Trinajstić information content (AvgIpc) is 2.47. The number of nitrogens with zero attached hydrogens (tertiary/aromatic N) is 2. The first-order chi connectivity index (χ1) is 5.72. The van der Waals surface area contributed by atoms with Crippen LogP contribution in [-0.4, -0.2) is 27.1 Å². The number of hydroxylamine groups is 1. The molecule has 0 spiro atoms. The summed E-state index contributed by atoms with van der Waals surface area (Å²) < 4.78 is 4.82. The van der Waals surface area contributed by atoms with Crippen molar-refractivity contribution in [1.82, 2.24) is 15.7 Å². The first kappa shape index (κ1) is 9.36. The van der Waals surface area contributed by atoms with E-state index >= 15 is 0 Å². The highest BCUT2D eigenvalue weighted by atomic mass is 32.2. The lowest BCUT2D eigenvalue weighted by Crippen LogP contribution is -2.20. The van der Waals surface area contributed by atoms with E-state index in [1.807, 2.05) is 0 Å². The van der Waals surface area contributed by atoms with Gasteiger partial charge in [-0.05, 0) is 0 Å². The fourth-order valence-electron chi connectivity index (χ4n) is 0.420. The third-order valence-electron chi connectivity index (χ3n) is 0.847. The van der Waals surface area contributed by atoms with E-state index in [9.17, 15) is 4.79 Å². The summed E-state index contributed by atoms with van der Waals surface area (Å²) in [6.45, 7) is 0. The number of thioether (sulfide) groups is 1. The topological polar surface area (TPSA) is 88.2 Å². The SMILES string of the molecule is O=C(CSc1nnc(S)o1)NO. The van der Waals surface area contributed by atoms with Crippen LogP contribution in [0.3, 0.4) is 0 Å². The zero-order valence-corrected chi connectivity index (χ0v) is 7.43. The van der Waals surface area contributed by atoms with E-state index in [1.54, 1.807) is 0 Å². The summed E-state index contributed by atoms with van der Waals surface area (Å²) >= 11 is 4.78. The van der Waals surface area contributed by atoms with Gasteiger partial charge in [0.15, 0.2) is 0 Å². The van der Waals surface area contributed by atoms with Gasteiger partial charge < -0.3 is 4.42 Å². The molecule has 1 amide bonds. The Balaban J connectivity index is 2.38. The molecule has 2 N–H and O–H groups in total. The van der Waals surface area contributed by atoms with E-state index in [1.165, 1.54) is 5.48 Å². The Morgan fingerprint density at radius 1 is 1.75 bits per heavy atom. The quantitative estimate of drug-likeness (QED) is 0.279. The van der Waals surface area contributed by atoms with Crippen LogP contribution in [0.15, 0.2) is 14.9 Å². The molecule has 0 aliphatic heterocycles. The zero-order valence-electron chi connectivity index (χ0n) is 5.72. The van der Waals surface area contributed by atoms with Crippen molar-refractivity contribution in [2.75, 3.05) is 5.75 Å². The maximum absolute atomic E-state index is 10.5. The Morgan fingerprint density at radius 3 is 3.00 bits per heavy atom. The fourth-order valence-corrected chi connectivity index (χ4v) is 1.17. The summed E-state index contributed by atoms with van der Waals surface area (Å²) in [5.41, 5.74) is 1.47. The summed E-state index contributed by atoms with van der Waals surface area (Å²) in [5, 5.41) is 15.5. The minimum absolute atomic E-state index is 0.0198. The Hall–Kier alpha value is -0.730. The van der Waals surface area contributed by atoms with Gasteiger partial charge in [0.25, 0.3) is 16.4 Å². The van der Waals surface area contributed by atoms with Crippen LogP contribution >= 0.6 is 24.4 Å². The Morgan fingerprint density at radius 2 is 2.50 bits per heavy atom. The molecular formula is C4H5N3O3S2. The maximum atomic E-state index is 10.5. The van der Waals surface area contributed by atoms with Crippen molar-refractivity contribution in [3.8, 4) is 0 Å². The lowest BCUT2D eigenvalue weighted by Gasteiger charge is -1.92. The molecule has 0 saturated heterocycles. The van der Waals surface area contributed by atoms with Gasteiger partial charge in [0, 0.05) is 0 Å². The van der Waals surface area contributed by atoms with Gasteiger partial charge in [0.2, 0.25) is 0 Å². The van der Waals surface area contributed by atoms with Crippen molar-refractivity contribution in [2.24, 2.45) is 0 Å². The highest BCUT2D eigenvalue weighted by Crippen LogP contribution is 2.16. The van der Waals surface area contributed by atoms with Crippen LogP contribution in [0.2, 0.25) is 0 Å². The summed E-state index contributed by atoms with van der Waals surface area (Å²) in [7, 11) is 0. The number of hydrogen-bond acceptors (Lipinski definition) is 7. The fraction of sp³-hybridized carbons (Fsp3) is 0.250. The summed E-state index contributed by atoms with van der Waals surface area (Å²) in [5.74, 6) is -0.509. The normalized spacial score (nSPS) is 9.83. The molecule has 0 aliphatic carbocycles. The molecule has 66 valence electrons. The third-order valence-corrected chi connectivity index (χ3v) is 1.85. The van der Waals surface area contributed by atoms with Crippen LogP contribution < -0.4 is 5.48 Å². The first-order valence-corrected chi connectivity index (χ1v) is 4.24. The van der Waals surface area contributed by atoms with Gasteiger partial charge in [-0.25, -0.2) is 5.48 Å². The standard InChI is InChI=1S/C4H5N3O3S2/c8-2(7-9)1-12-4-6-5-3(11)10-4/h9H,1H2,(H,5,11)(H,7,8). The summed E-state index contributed by atoms with van der Waals surface area (Å²) in [6, 6.07) is 0. The maximum Gasteiger partial charge on any atom is 0.277 e. The van der Waals surface area contributed by atoms with Gasteiger partial charge in [-0.15, -0.1) is 10.2 Å². The van der Waals surface area contributed by atoms with Crippen LogP contribution in [0, 0.1) is 0 Å². The number of hydrogen-bond donors (Lipinski definition) is 3. The number of thiol groups is 1. The number of carbonyl (C=O) groups is 1. The first-order valence-electron chi connectivity index (χ1n) is 2.80. The average molecular weight is 207 g/mol. The number of aromatic nitrogens is 2. The van der Waals surface area contributed by atoms with Crippen LogP contribution in [-0.2, 0) is 4.79 Å². The van der Waals surface area contributed by atoms with Crippen molar-refractivity contribution in [3.63, 3.8) is 0 Å². The molecule has 0 atom stereocenters. The monoisotopic (exact) mass is 207 g/mol. The Bertz CT molecular complexity index is 276. The van der Waals surface area contributed by atoms with E-state index in [4.69, 9.17) is 9.62 Å². The van der Waals surface area contributed by atoms with E-state index in [2.05, 4.69) is 22.8 Å². The number of rotatable bonds is 3. The zero-order chi connectivity index (χ0) is 8.97. The minimum Gasteiger partial charge on any atom is -0.406 e. The molecule has 0 fully saturated rings. The predicted octanol–water partition coefficient (Wildman–Crippen LogP) is -0.0442. The van der Waals surface area contributed by atoms with E-state index in [0.29, 0.717) is 0 Å². The van der Waals surface area contributed by atoms with Crippen LogP contribution in [0.25, 0.3) is 0 Å². The second-order valence-electron chi connectivity index (χ2n) is 1.67. The van der Waals surface area contributed by atoms with E-state index in [0.717, 1.165) is 11.8 Å². The molecule has 8 heteroatoms. The molecule has 6 nitrogen and oxygen atoms in total. The van der Waals surface area contributed by atoms with Gasteiger partial charge in [-0.2, -0.15) is 0 Å². The van der Waals surface area contributed by atoms with Gasteiger partial charge in [-0.3, -0.25) is 10.0 Å². The molecule has 0 aromatic carbocycles. The van der Waals surface area contributed by atoms with Crippen molar-refractivity contribution in [3.05, 3.63) is 0 Å². The van der Waals surface area contributed by atoms with Crippen molar-refractivity contribution >= 4 is 30.3 Å². The van der Waals surface area contributed by atoms with Crippen LogP contribution in [0.4, 0.5) is 0 Å². The number of nitrogens with one attached hydrogen (secondary N) is 1. The molecular weight excluding hydrogens is 202 g/mol. The smallest absolute Gasteiger partial charge is 0.277 e. The number of carbonyl (C=O) groups excluding carboxylic acids is 1. The molecule has 0 aliphatic rings. The van der Waals surface area contributed by atoms with Crippen LogP contribution in [0.1, 0.15) is 0 Å². The minimum atomic E-state index is -0.529. The Kier molecular flexibility index (Phi) is 3.38. The Labute approximate surface area is 77.1 Å². The third kappa shape index (κ3) is 2.72. The van der Waals surface area contributed by atoms with Gasteiger partial charge in [0.1, 0.15) is 0 Å². The van der Waals surface area contributed by atoms with Gasteiger partial charge in [0.05, 0.1) is 5.75 Å². The molecule has 1 rings (SSSR count). The lowest BCUT2D eigenvalue weighted by atomic mass is 10.8. The van der Waals surface area contributed by atoms with Gasteiger partial charge >= 0.3 is 0 Å². The van der Waals surface area contributed by atoms with Crippen molar-refractivity contribution in [2.45, 2.75) is 10.4 Å². The lowest BCUT2D eigenvalue weighted by molar-refractivity contribution is -0.126.